The molecule has 1 rings (SSSR count). The summed E-state index contributed by atoms with van der Waals surface area (Å²) in [5, 5.41) is 3.25. The molecule has 0 radical (unpaired) electrons. The van der Waals surface area contributed by atoms with E-state index < -0.39 is 0 Å². The Bertz CT molecular complexity index is 332. The number of nitrogens with zero attached hydrogens (tertiary/aromatic N) is 1. The van der Waals surface area contributed by atoms with Gasteiger partial charge in [0.1, 0.15) is 5.82 Å². The minimum absolute atomic E-state index is 0.645. The molecular weight excluding hydrogens is 218 g/mol. The third kappa shape index (κ3) is 5.51. The average molecular weight is 239 g/mol. The van der Waals surface area contributed by atoms with Crippen molar-refractivity contribution >= 4 is 11.5 Å². The summed E-state index contributed by atoms with van der Waals surface area (Å²) in [7, 11) is 1.67. The molecule has 5 heteroatoms. The molecule has 0 unspecified atom stereocenters. The van der Waals surface area contributed by atoms with Crippen LogP contribution in [0.4, 0.5) is 11.5 Å². The van der Waals surface area contributed by atoms with Gasteiger partial charge in [-0.1, -0.05) is 0 Å². The number of ether oxygens (including phenoxy) is 2. The predicted molar refractivity (Wildman–Crippen MR) is 69.2 cm³/mol. The summed E-state index contributed by atoms with van der Waals surface area (Å²) in [5.74, 6) is 0.885. The maximum atomic E-state index is 5.63. The molecule has 5 nitrogen and oxygen atoms in total. The zero-order valence-electron chi connectivity index (χ0n) is 10.5. The molecule has 0 bridgehead atoms. The summed E-state index contributed by atoms with van der Waals surface area (Å²) in [4.78, 5) is 4.23. The van der Waals surface area contributed by atoms with Crippen LogP contribution >= 0.6 is 0 Å². The number of nitrogen functional groups attached to an aromatic ring is 1. The lowest BCUT2D eigenvalue weighted by molar-refractivity contribution is 0.0705. The van der Waals surface area contributed by atoms with E-state index in [1.165, 1.54) is 0 Å². The van der Waals surface area contributed by atoms with Gasteiger partial charge in [0.25, 0.3) is 0 Å². The molecule has 96 valence electrons. The SMILES string of the molecule is COCCOCCCNc1ncc(N)cc1C. The van der Waals surface area contributed by atoms with E-state index in [4.69, 9.17) is 15.2 Å². The van der Waals surface area contributed by atoms with Crippen molar-refractivity contribution < 1.29 is 9.47 Å². The first-order valence-electron chi connectivity index (χ1n) is 5.76. The van der Waals surface area contributed by atoms with Gasteiger partial charge in [-0.3, -0.25) is 0 Å². The van der Waals surface area contributed by atoms with Crippen LogP contribution < -0.4 is 11.1 Å². The van der Waals surface area contributed by atoms with Gasteiger partial charge in [0.05, 0.1) is 25.1 Å². The van der Waals surface area contributed by atoms with Gasteiger partial charge in [0, 0.05) is 20.3 Å². The van der Waals surface area contributed by atoms with Crippen LogP contribution in [0.25, 0.3) is 0 Å². The van der Waals surface area contributed by atoms with Crippen LogP contribution in [0.2, 0.25) is 0 Å². The van der Waals surface area contributed by atoms with E-state index in [2.05, 4.69) is 10.3 Å². The third-order valence-corrected chi connectivity index (χ3v) is 2.29. The van der Waals surface area contributed by atoms with Crippen molar-refractivity contribution in [2.45, 2.75) is 13.3 Å². The number of aryl methyl sites for hydroxylation is 1. The number of anilines is 2. The minimum atomic E-state index is 0.645. The van der Waals surface area contributed by atoms with Crippen LogP contribution in [-0.2, 0) is 9.47 Å². The molecule has 0 saturated heterocycles. The largest absolute Gasteiger partial charge is 0.397 e. The molecule has 3 N–H and O–H groups in total. The number of pyridine rings is 1. The highest BCUT2D eigenvalue weighted by Gasteiger charge is 1.99. The van der Waals surface area contributed by atoms with Gasteiger partial charge >= 0.3 is 0 Å². The lowest BCUT2D eigenvalue weighted by atomic mass is 10.2. The maximum absolute atomic E-state index is 5.63. The molecular formula is C12H21N3O2. The van der Waals surface area contributed by atoms with Crippen molar-refractivity contribution in [1.29, 1.82) is 0 Å². The van der Waals surface area contributed by atoms with Gasteiger partial charge in [0.2, 0.25) is 0 Å². The molecule has 0 spiro atoms. The molecule has 0 aliphatic heterocycles. The number of methoxy groups -OCH3 is 1. The number of nitrogens with one attached hydrogen (secondary N) is 1. The fourth-order valence-corrected chi connectivity index (χ4v) is 1.41. The van der Waals surface area contributed by atoms with E-state index in [1.54, 1.807) is 13.3 Å². The highest BCUT2D eigenvalue weighted by molar-refractivity contribution is 5.50. The van der Waals surface area contributed by atoms with E-state index >= 15 is 0 Å². The minimum Gasteiger partial charge on any atom is -0.397 e. The zero-order valence-corrected chi connectivity index (χ0v) is 10.5. The van der Waals surface area contributed by atoms with Crippen LogP contribution in [0.1, 0.15) is 12.0 Å². The molecule has 17 heavy (non-hydrogen) atoms. The van der Waals surface area contributed by atoms with Crippen LogP contribution in [0.3, 0.4) is 0 Å². The van der Waals surface area contributed by atoms with E-state index in [0.29, 0.717) is 18.9 Å². The number of hydrogen-bond donors (Lipinski definition) is 2. The molecule has 0 fully saturated rings. The predicted octanol–water partition coefficient (Wildman–Crippen LogP) is 1.44. The van der Waals surface area contributed by atoms with Gasteiger partial charge in [0.15, 0.2) is 0 Å². The normalized spacial score (nSPS) is 10.5. The number of nitrogens with two attached hydrogens (primary N) is 1. The Morgan fingerprint density at radius 1 is 1.35 bits per heavy atom. The molecule has 1 aromatic rings. The van der Waals surface area contributed by atoms with E-state index in [-0.39, 0.29) is 0 Å². The summed E-state index contributed by atoms with van der Waals surface area (Å²) in [6.45, 7) is 4.84. The van der Waals surface area contributed by atoms with Gasteiger partial charge in [-0.05, 0) is 25.0 Å². The van der Waals surface area contributed by atoms with Crippen LogP contribution in [0, 0.1) is 6.92 Å². The van der Waals surface area contributed by atoms with Gasteiger partial charge in [-0.25, -0.2) is 4.98 Å². The zero-order chi connectivity index (χ0) is 12.5. The van der Waals surface area contributed by atoms with Gasteiger partial charge in [-0.2, -0.15) is 0 Å². The second-order valence-corrected chi connectivity index (χ2v) is 3.82. The topological polar surface area (TPSA) is 69.4 Å². The molecule has 0 saturated carbocycles. The first-order chi connectivity index (χ1) is 8.24. The van der Waals surface area contributed by atoms with Crippen molar-refractivity contribution in [2.24, 2.45) is 0 Å². The number of aromatic nitrogens is 1. The average Bonchev–Trinajstić information content (AvgIpc) is 2.30. The maximum Gasteiger partial charge on any atom is 0.128 e. The van der Waals surface area contributed by atoms with Gasteiger partial charge in [-0.15, -0.1) is 0 Å². The third-order valence-electron chi connectivity index (χ3n) is 2.29. The first-order valence-corrected chi connectivity index (χ1v) is 5.76. The Kier molecular flexibility index (Phi) is 6.35. The fourth-order valence-electron chi connectivity index (χ4n) is 1.41. The number of rotatable bonds is 8. The Hall–Kier alpha value is -1.33. The quantitative estimate of drug-likeness (QED) is 0.672. The monoisotopic (exact) mass is 239 g/mol. The Morgan fingerprint density at radius 3 is 2.88 bits per heavy atom. The highest BCUT2D eigenvalue weighted by Crippen LogP contribution is 2.13. The standard InChI is InChI=1S/C12H21N3O2/c1-10-8-11(13)9-15-12(10)14-4-3-5-17-7-6-16-2/h8-9H,3-7,13H2,1-2H3,(H,14,15). The van der Waals surface area contributed by atoms with E-state index in [0.717, 1.165) is 31.0 Å². The second kappa shape index (κ2) is 7.86. The van der Waals surface area contributed by atoms with Crippen LogP contribution in [0.5, 0.6) is 0 Å². The van der Waals surface area contributed by atoms with Crippen molar-refractivity contribution in [3.8, 4) is 0 Å². The molecule has 0 atom stereocenters. The highest BCUT2D eigenvalue weighted by atomic mass is 16.5. The summed E-state index contributed by atoms with van der Waals surface area (Å²) in [6, 6.07) is 1.91. The molecule has 1 aromatic heterocycles. The molecule has 0 aliphatic carbocycles. The molecule has 0 amide bonds. The van der Waals surface area contributed by atoms with E-state index in [9.17, 15) is 0 Å². The molecule has 0 aliphatic rings. The number of hydrogen-bond acceptors (Lipinski definition) is 5. The van der Waals surface area contributed by atoms with Crippen LogP contribution in [0.15, 0.2) is 12.3 Å². The Labute approximate surface area is 102 Å². The second-order valence-electron chi connectivity index (χ2n) is 3.82. The lowest BCUT2D eigenvalue weighted by Crippen LogP contribution is -2.10. The smallest absolute Gasteiger partial charge is 0.128 e. The summed E-state index contributed by atoms with van der Waals surface area (Å²) >= 11 is 0. The molecule has 0 aromatic carbocycles. The van der Waals surface area contributed by atoms with Crippen molar-refractivity contribution in [2.75, 3.05) is 44.5 Å². The summed E-state index contributed by atoms with van der Waals surface area (Å²) in [6.07, 6.45) is 2.60. The lowest BCUT2D eigenvalue weighted by Gasteiger charge is -2.09. The summed E-state index contributed by atoms with van der Waals surface area (Å²) < 4.78 is 10.2. The van der Waals surface area contributed by atoms with Crippen molar-refractivity contribution in [3.63, 3.8) is 0 Å². The molecule has 1 heterocycles. The van der Waals surface area contributed by atoms with Gasteiger partial charge < -0.3 is 20.5 Å². The first kappa shape index (κ1) is 13.7. The van der Waals surface area contributed by atoms with Crippen molar-refractivity contribution in [1.82, 2.24) is 4.98 Å². The fraction of sp³-hybridized carbons (Fsp3) is 0.583. The van der Waals surface area contributed by atoms with E-state index in [1.807, 2.05) is 13.0 Å². The van der Waals surface area contributed by atoms with Crippen LogP contribution in [-0.4, -0.2) is 38.5 Å². The Balaban J connectivity index is 2.14. The van der Waals surface area contributed by atoms with Crippen molar-refractivity contribution in [3.05, 3.63) is 17.8 Å². The summed E-state index contributed by atoms with van der Waals surface area (Å²) in [5.41, 5.74) is 7.38. The Morgan fingerprint density at radius 2 is 2.18 bits per heavy atom.